The first-order chi connectivity index (χ1) is 2.97. The van der Waals surface area contributed by atoms with E-state index in [1.54, 1.807) is 0 Å². The Hall–Kier alpha value is -0.660. The average molecular weight is 83.1 g/mol. The van der Waals surface area contributed by atoms with Crippen molar-refractivity contribution >= 4 is 0 Å². The fourth-order valence-electron chi connectivity index (χ4n) is 0.624. The van der Waals surface area contributed by atoms with E-state index in [4.69, 9.17) is 4.74 Å². The van der Waals surface area contributed by atoms with E-state index in [1.807, 2.05) is 6.26 Å². The van der Waals surface area contributed by atoms with Gasteiger partial charge in [0.15, 0.2) is 6.73 Å². The van der Waals surface area contributed by atoms with Crippen molar-refractivity contribution in [2.24, 2.45) is 0 Å². The molecule has 2 aliphatic rings. The molecule has 2 rings (SSSR count). The molecule has 2 heterocycles. The zero-order valence-electron chi connectivity index (χ0n) is 3.35. The van der Waals surface area contributed by atoms with Crippen molar-refractivity contribution in [1.82, 2.24) is 4.90 Å². The predicted molar refractivity (Wildman–Crippen MR) is 20.7 cm³/mol. The summed E-state index contributed by atoms with van der Waals surface area (Å²) < 4.78 is 4.87. The van der Waals surface area contributed by atoms with Crippen molar-refractivity contribution in [3.63, 3.8) is 0 Å². The molecule has 0 atom stereocenters. The van der Waals surface area contributed by atoms with E-state index in [1.165, 1.54) is 5.70 Å². The zero-order valence-corrected chi connectivity index (χ0v) is 3.35. The van der Waals surface area contributed by atoms with Gasteiger partial charge in [-0.25, -0.2) is 0 Å². The molecule has 2 nitrogen and oxygen atoms in total. The maximum absolute atomic E-state index is 4.87. The Morgan fingerprint density at radius 1 is 1.83 bits per heavy atom. The van der Waals surface area contributed by atoms with Gasteiger partial charge in [-0.05, 0) is 0 Å². The van der Waals surface area contributed by atoms with Crippen LogP contribution in [0.15, 0.2) is 12.0 Å². The highest BCUT2D eigenvalue weighted by molar-refractivity contribution is 5.17. The van der Waals surface area contributed by atoms with E-state index < -0.39 is 0 Å². The maximum Gasteiger partial charge on any atom is 0.160 e. The van der Waals surface area contributed by atoms with E-state index in [9.17, 15) is 0 Å². The van der Waals surface area contributed by atoms with Gasteiger partial charge in [-0.15, -0.1) is 0 Å². The minimum Gasteiger partial charge on any atom is -0.479 e. The van der Waals surface area contributed by atoms with Gasteiger partial charge >= 0.3 is 0 Å². The normalized spacial score (nSPS) is 25.3. The largest absolute Gasteiger partial charge is 0.479 e. The van der Waals surface area contributed by atoms with Gasteiger partial charge < -0.3 is 9.64 Å². The predicted octanol–water partition coefficient (Wildman–Crippen LogP) is 0.131. The highest BCUT2D eigenvalue weighted by Crippen LogP contribution is 2.26. The quantitative estimate of drug-likeness (QED) is 0.386. The molecule has 0 saturated carbocycles. The third-order valence-corrected chi connectivity index (χ3v) is 1.11. The van der Waals surface area contributed by atoms with E-state index in [0.717, 1.165) is 13.3 Å². The summed E-state index contributed by atoms with van der Waals surface area (Å²) in [5.74, 6) is 0. The van der Waals surface area contributed by atoms with Crippen molar-refractivity contribution < 1.29 is 4.74 Å². The molecule has 0 amide bonds. The maximum atomic E-state index is 4.87. The van der Waals surface area contributed by atoms with Crippen LogP contribution in [-0.2, 0) is 4.74 Å². The summed E-state index contributed by atoms with van der Waals surface area (Å²) in [6.07, 6.45) is 1.82. The van der Waals surface area contributed by atoms with E-state index in [2.05, 4.69) is 4.90 Å². The molecule has 2 aliphatic heterocycles. The van der Waals surface area contributed by atoms with Gasteiger partial charge in [0.2, 0.25) is 0 Å². The Morgan fingerprint density at radius 2 is 2.83 bits per heavy atom. The number of hydrogen-bond acceptors (Lipinski definition) is 2. The number of nitrogens with zero attached hydrogens (tertiary/aromatic N) is 1. The second kappa shape index (κ2) is 0.555. The Labute approximate surface area is 36.0 Å². The van der Waals surface area contributed by atoms with Crippen LogP contribution in [-0.4, -0.2) is 18.2 Å². The lowest BCUT2D eigenvalue weighted by atomic mass is 10.7. The SMILES string of the molecule is C1=C2CN2CO1. The van der Waals surface area contributed by atoms with Gasteiger partial charge in [0, 0.05) is 0 Å². The van der Waals surface area contributed by atoms with Crippen molar-refractivity contribution in [3.8, 4) is 0 Å². The second-order valence-electron chi connectivity index (χ2n) is 1.60. The molecular formula is C4H5NO. The molecule has 0 unspecified atom stereocenters. The van der Waals surface area contributed by atoms with Gasteiger partial charge in [0.1, 0.15) is 6.26 Å². The van der Waals surface area contributed by atoms with Crippen LogP contribution in [0.1, 0.15) is 0 Å². The fraction of sp³-hybridized carbons (Fsp3) is 0.500. The van der Waals surface area contributed by atoms with E-state index in [-0.39, 0.29) is 0 Å². The van der Waals surface area contributed by atoms with Gasteiger partial charge in [-0.3, -0.25) is 0 Å². The summed E-state index contributed by atoms with van der Waals surface area (Å²) in [5.41, 5.74) is 1.36. The Bertz CT molecular complexity index is 108. The fourth-order valence-corrected chi connectivity index (χ4v) is 0.624. The molecule has 0 aromatic carbocycles. The van der Waals surface area contributed by atoms with Gasteiger partial charge in [0.25, 0.3) is 0 Å². The van der Waals surface area contributed by atoms with Crippen molar-refractivity contribution in [2.45, 2.75) is 0 Å². The third kappa shape index (κ3) is 0.142. The monoisotopic (exact) mass is 83.0 g/mol. The topological polar surface area (TPSA) is 12.2 Å². The van der Waals surface area contributed by atoms with Gasteiger partial charge in [-0.2, -0.15) is 0 Å². The third-order valence-electron chi connectivity index (χ3n) is 1.11. The molecule has 2 heteroatoms. The molecule has 1 saturated heterocycles. The van der Waals surface area contributed by atoms with Crippen LogP contribution < -0.4 is 0 Å². The van der Waals surface area contributed by atoms with Crippen molar-refractivity contribution in [3.05, 3.63) is 12.0 Å². The summed E-state index contributed by atoms with van der Waals surface area (Å²) in [6.45, 7) is 1.95. The van der Waals surface area contributed by atoms with Gasteiger partial charge in [-0.1, -0.05) is 0 Å². The Kier molecular flexibility index (Phi) is 0.231. The van der Waals surface area contributed by atoms with Crippen LogP contribution in [0.25, 0.3) is 0 Å². The van der Waals surface area contributed by atoms with Crippen LogP contribution in [0.2, 0.25) is 0 Å². The summed E-state index contributed by atoms with van der Waals surface area (Å²) in [5, 5.41) is 0. The van der Waals surface area contributed by atoms with Crippen LogP contribution in [0.4, 0.5) is 0 Å². The molecule has 32 valence electrons. The molecule has 0 N–H and O–H groups in total. The van der Waals surface area contributed by atoms with Crippen molar-refractivity contribution in [2.75, 3.05) is 13.3 Å². The molecule has 0 aliphatic carbocycles. The second-order valence-corrected chi connectivity index (χ2v) is 1.60. The average Bonchev–Trinajstić information content (AvgIpc) is 2.17. The minimum atomic E-state index is 0.801. The lowest BCUT2D eigenvalue weighted by Crippen LogP contribution is -1.93. The highest BCUT2D eigenvalue weighted by atomic mass is 16.5. The lowest BCUT2D eigenvalue weighted by molar-refractivity contribution is 0.207. The molecule has 1 fully saturated rings. The number of hydrogen-bond donors (Lipinski definition) is 0. The smallest absolute Gasteiger partial charge is 0.160 e. The Balaban J connectivity index is 2.35. The first kappa shape index (κ1) is 2.50. The summed E-state index contributed by atoms with van der Waals surface area (Å²) >= 11 is 0. The number of ether oxygens (including phenoxy) is 1. The van der Waals surface area contributed by atoms with Crippen LogP contribution in [0, 0.1) is 0 Å². The molecule has 0 bridgehead atoms. The number of rotatable bonds is 0. The van der Waals surface area contributed by atoms with Gasteiger partial charge in [0.05, 0.1) is 12.2 Å². The Morgan fingerprint density at radius 3 is 3.00 bits per heavy atom. The van der Waals surface area contributed by atoms with Crippen molar-refractivity contribution in [1.29, 1.82) is 0 Å². The van der Waals surface area contributed by atoms with Crippen LogP contribution in [0.3, 0.4) is 0 Å². The first-order valence-corrected chi connectivity index (χ1v) is 2.02. The molecule has 0 aromatic heterocycles. The molecule has 6 heavy (non-hydrogen) atoms. The number of fused-ring (bicyclic) bond motifs is 1. The highest BCUT2D eigenvalue weighted by Gasteiger charge is 2.29. The van der Waals surface area contributed by atoms with Crippen LogP contribution >= 0.6 is 0 Å². The van der Waals surface area contributed by atoms with E-state index in [0.29, 0.717) is 0 Å². The first-order valence-electron chi connectivity index (χ1n) is 2.02. The molecular weight excluding hydrogens is 78.0 g/mol. The molecule has 0 radical (unpaired) electrons. The molecule has 0 aromatic rings. The standard InChI is InChI=1S/C4H5NO/c1-4-2-6-3-5(1)4/h2H,1,3H2. The minimum absolute atomic E-state index is 0.801. The summed E-state index contributed by atoms with van der Waals surface area (Å²) in [7, 11) is 0. The molecule has 0 spiro atoms. The van der Waals surface area contributed by atoms with E-state index >= 15 is 0 Å². The summed E-state index contributed by atoms with van der Waals surface area (Å²) in [6, 6.07) is 0. The summed E-state index contributed by atoms with van der Waals surface area (Å²) in [4.78, 5) is 2.17. The lowest BCUT2D eigenvalue weighted by Gasteiger charge is -1.89. The van der Waals surface area contributed by atoms with Crippen LogP contribution in [0.5, 0.6) is 0 Å². The zero-order chi connectivity index (χ0) is 3.98.